The van der Waals surface area contributed by atoms with Gasteiger partial charge in [0, 0.05) is 11.9 Å². The normalized spacial score (nSPS) is 12.0. The summed E-state index contributed by atoms with van der Waals surface area (Å²) in [6.45, 7) is 7.37. The van der Waals surface area contributed by atoms with Crippen molar-refractivity contribution in [3.05, 3.63) is 34.7 Å². The van der Waals surface area contributed by atoms with Gasteiger partial charge in [0.15, 0.2) is 5.82 Å². The van der Waals surface area contributed by atoms with Crippen molar-refractivity contribution in [1.29, 1.82) is 5.26 Å². The fraction of sp³-hybridized carbons (Fsp3) is 0.357. The van der Waals surface area contributed by atoms with Crippen molar-refractivity contribution in [2.24, 2.45) is 0 Å². The number of aromatic nitrogens is 3. The van der Waals surface area contributed by atoms with Gasteiger partial charge in [-0.3, -0.25) is 9.40 Å². The Bertz CT molecular complexity index is 891. The number of rotatable bonds is 3. The predicted molar refractivity (Wildman–Crippen MR) is 86.7 cm³/mol. The molecule has 7 nitrogen and oxygen atoms in total. The fourth-order valence-electron chi connectivity index (χ4n) is 1.77. The van der Waals surface area contributed by atoms with Crippen molar-refractivity contribution in [3.8, 4) is 6.07 Å². The lowest BCUT2D eigenvalue weighted by Crippen LogP contribution is -2.22. The highest BCUT2D eigenvalue weighted by molar-refractivity contribution is 7.92. The number of nitrogens with one attached hydrogen (secondary N) is 1. The van der Waals surface area contributed by atoms with Gasteiger partial charge < -0.3 is 0 Å². The van der Waals surface area contributed by atoms with Crippen LogP contribution in [0, 0.1) is 18.3 Å². The van der Waals surface area contributed by atoms with Crippen LogP contribution in [0.15, 0.2) is 23.2 Å². The molecule has 0 bridgehead atoms. The standard InChI is InChI=1S/C14H16ClN5O2S/c1-9-5-6-11(12(15)17-9)23(21,22)19-13-10(7-16)8-20(18-13)14(2,3)4/h5-6,8H,1-4H3,(H,18,19). The van der Waals surface area contributed by atoms with Gasteiger partial charge in [-0.15, -0.1) is 0 Å². The molecule has 0 saturated heterocycles. The molecule has 2 rings (SSSR count). The zero-order valence-electron chi connectivity index (χ0n) is 13.1. The monoisotopic (exact) mass is 353 g/mol. The van der Waals surface area contributed by atoms with Crippen LogP contribution in [0.3, 0.4) is 0 Å². The minimum absolute atomic E-state index is 0.0425. The molecule has 2 aromatic rings. The summed E-state index contributed by atoms with van der Waals surface area (Å²) >= 11 is 5.91. The Labute approximate surface area is 140 Å². The summed E-state index contributed by atoms with van der Waals surface area (Å²) in [7, 11) is -4.00. The van der Waals surface area contributed by atoms with E-state index in [-0.39, 0.29) is 21.4 Å². The summed E-state index contributed by atoms with van der Waals surface area (Å²) in [5, 5.41) is 13.2. The van der Waals surface area contributed by atoms with Crippen molar-refractivity contribution < 1.29 is 8.42 Å². The second kappa shape index (κ2) is 5.83. The summed E-state index contributed by atoms with van der Waals surface area (Å²) < 4.78 is 28.8. The van der Waals surface area contributed by atoms with E-state index in [4.69, 9.17) is 11.6 Å². The van der Waals surface area contributed by atoms with E-state index in [2.05, 4.69) is 14.8 Å². The maximum atomic E-state index is 12.5. The molecule has 0 fully saturated rings. The van der Waals surface area contributed by atoms with E-state index in [9.17, 15) is 13.7 Å². The second-order valence-corrected chi connectivity index (χ2v) is 7.97. The molecular formula is C14H16ClN5O2S. The molecule has 122 valence electrons. The van der Waals surface area contributed by atoms with Crippen LogP contribution in [-0.4, -0.2) is 23.2 Å². The van der Waals surface area contributed by atoms with Crippen LogP contribution in [0.5, 0.6) is 0 Å². The molecular weight excluding hydrogens is 338 g/mol. The molecule has 0 unspecified atom stereocenters. The van der Waals surface area contributed by atoms with Crippen LogP contribution in [0.1, 0.15) is 32.0 Å². The summed E-state index contributed by atoms with van der Waals surface area (Å²) in [5.74, 6) is -0.0425. The summed E-state index contributed by atoms with van der Waals surface area (Å²) in [4.78, 5) is 3.76. The lowest BCUT2D eigenvalue weighted by atomic mass is 10.1. The van der Waals surface area contributed by atoms with E-state index in [1.165, 1.54) is 16.9 Å². The van der Waals surface area contributed by atoms with Gasteiger partial charge in [0.1, 0.15) is 21.7 Å². The summed E-state index contributed by atoms with van der Waals surface area (Å²) in [5.41, 5.74) is 0.335. The third-order valence-corrected chi connectivity index (χ3v) is 4.77. The highest BCUT2D eigenvalue weighted by Crippen LogP contribution is 2.25. The number of hydrogen-bond acceptors (Lipinski definition) is 5. The van der Waals surface area contributed by atoms with E-state index in [1.54, 1.807) is 13.0 Å². The van der Waals surface area contributed by atoms with Crippen LogP contribution in [-0.2, 0) is 15.6 Å². The van der Waals surface area contributed by atoms with Crippen molar-refractivity contribution in [2.75, 3.05) is 4.72 Å². The van der Waals surface area contributed by atoms with Crippen molar-refractivity contribution >= 4 is 27.4 Å². The number of aryl methyl sites for hydroxylation is 1. The Morgan fingerprint density at radius 3 is 2.52 bits per heavy atom. The predicted octanol–water partition coefficient (Wildman–Crippen LogP) is 2.67. The summed E-state index contributed by atoms with van der Waals surface area (Å²) in [6, 6.07) is 4.83. The van der Waals surface area contributed by atoms with E-state index < -0.39 is 15.6 Å². The molecule has 0 atom stereocenters. The molecule has 0 aromatic carbocycles. The third-order valence-electron chi connectivity index (χ3n) is 3.00. The molecule has 0 aliphatic rings. The fourth-order valence-corrected chi connectivity index (χ4v) is 3.30. The molecule has 0 radical (unpaired) electrons. The first-order valence-electron chi connectivity index (χ1n) is 6.71. The van der Waals surface area contributed by atoms with Crippen molar-refractivity contribution in [3.63, 3.8) is 0 Å². The van der Waals surface area contributed by atoms with E-state index >= 15 is 0 Å². The van der Waals surface area contributed by atoms with Crippen LogP contribution in [0.25, 0.3) is 0 Å². The van der Waals surface area contributed by atoms with Crippen molar-refractivity contribution in [2.45, 2.75) is 38.1 Å². The number of hydrogen-bond donors (Lipinski definition) is 1. The number of nitrogens with zero attached hydrogens (tertiary/aromatic N) is 4. The minimum Gasteiger partial charge on any atom is -0.264 e. The van der Waals surface area contributed by atoms with Gasteiger partial charge in [0.2, 0.25) is 0 Å². The topological polar surface area (TPSA) is 101 Å². The van der Waals surface area contributed by atoms with Gasteiger partial charge in [-0.2, -0.15) is 10.4 Å². The molecule has 0 spiro atoms. The van der Waals surface area contributed by atoms with Crippen LogP contribution < -0.4 is 4.72 Å². The molecule has 0 saturated carbocycles. The Morgan fingerprint density at radius 1 is 1.35 bits per heavy atom. The largest absolute Gasteiger partial charge is 0.266 e. The van der Waals surface area contributed by atoms with Gasteiger partial charge in [0.05, 0.1) is 5.54 Å². The van der Waals surface area contributed by atoms with Gasteiger partial charge in [0.25, 0.3) is 10.0 Å². The van der Waals surface area contributed by atoms with Gasteiger partial charge in [-0.05, 0) is 39.8 Å². The van der Waals surface area contributed by atoms with E-state index in [0.29, 0.717) is 5.69 Å². The molecule has 2 heterocycles. The molecule has 0 amide bonds. The smallest absolute Gasteiger partial charge is 0.264 e. The highest BCUT2D eigenvalue weighted by Gasteiger charge is 2.24. The average molecular weight is 354 g/mol. The summed E-state index contributed by atoms with van der Waals surface area (Å²) in [6.07, 6.45) is 1.49. The van der Waals surface area contributed by atoms with Crippen LogP contribution in [0.2, 0.25) is 5.15 Å². The Kier molecular flexibility index (Phi) is 4.37. The number of nitriles is 1. The highest BCUT2D eigenvalue weighted by atomic mass is 35.5. The lowest BCUT2D eigenvalue weighted by Gasteiger charge is -2.18. The Hall–Kier alpha value is -2.11. The second-order valence-electron chi connectivity index (χ2n) is 5.97. The van der Waals surface area contributed by atoms with Gasteiger partial charge in [-0.1, -0.05) is 11.6 Å². The SMILES string of the molecule is Cc1ccc(S(=O)(=O)Nc2nn(C(C)(C)C)cc2C#N)c(Cl)n1. The first-order chi connectivity index (χ1) is 10.5. The number of halogens is 1. The first-order valence-corrected chi connectivity index (χ1v) is 8.57. The van der Waals surface area contributed by atoms with E-state index in [0.717, 1.165) is 0 Å². The number of pyridine rings is 1. The number of anilines is 1. The minimum atomic E-state index is -4.00. The number of sulfonamides is 1. The average Bonchev–Trinajstić information content (AvgIpc) is 2.80. The molecule has 0 aliphatic carbocycles. The maximum absolute atomic E-state index is 12.5. The molecule has 0 aliphatic heterocycles. The lowest BCUT2D eigenvalue weighted by molar-refractivity contribution is 0.356. The third kappa shape index (κ3) is 3.63. The van der Waals surface area contributed by atoms with Crippen LogP contribution >= 0.6 is 11.6 Å². The molecule has 9 heteroatoms. The van der Waals surface area contributed by atoms with E-state index in [1.807, 2.05) is 26.8 Å². The van der Waals surface area contributed by atoms with Crippen LogP contribution in [0.4, 0.5) is 5.82 Å². The first kappa shape index (κ1) is 17.2. The molecule has 2 aromatic heterocycles. The van der Waals surface area contributed by atoms with Gasteiger partial charge in [-0.25, -0.2) is 13.4 Å². The Morgan fingerprint density at radius 2 is 2.00 bits per heavy atom. The molecule has 23 heavy (non-hydrogen) atoms. The quantitative estimate of drug-likeness (QED) is 0.855. The molecule has 1 N–H and O–H groups in total. The maximum Gasteiger partial charge on any atom is 0.266 e. The zero-order valence-corrected chi connectivity index (χ0v) is 14.7. The van der Waals surface area contributed by atoms with Gasteiger partial charge >= 0.3 is 0 Å². The van der Waals surface area contributed by atoms with Crippen molar-refractivity contribution in [1.82, 2.24) is 14.8 Å². The zero-order chi connectivity index (χ0) is 17.4. The Balaban J connectivity index is 2.46.